The summed E-state index contributed by atoms with van der Waals surface area (Å²) >= 11 is 0. The van der Waals surface area contributed by atoms with E-state index in [9.17, 15) is 9.59 Å². The summed E-state index contributed by atoms with van der Waals surface area (Å²) < 4.78 is 13.4. The molecule has 1 aromatic carbocycles. The molecule has 2 aliphatic rings. The van der Waals surface area contributed by atoms with Gasteiger partial charge >= 0.3 is 11.8 Å². The van der Waals surface area contributed by atoms with Gasteiger partial charge in [0.05, 0.1) is 16.8 Å². The smallest absolute Gasteiger partial charge is 0.410 e. The summed E-state index contributed by atoms with van der Waals surface area (Å²) in [5.41, 5.74) is 4.60. The number of pyridine rings is 2. The van der Waals surface area contributed by atoms with E-state index >= 15 is 0 Å². The molecule has 0 saturated carbocycles. The SMILES string of the molecule is Cc1ccnc(C(C)C)c1-n1c(=O)nc(N2CCN(C(=O)OC(C)(C)C)C[C@@H]2C)c2cc3c(nc21)-c1ccccc1CO3. The minimum absolute atomic E-state index is 0.0687. The number of ether oxygens (including phenoxy) is 2. The van der Waals surface area contributed by atoms with Gasteiger partial charge in [-0.3, -0.25) is 4.98 Å². The molecular weight excluding hydrogens is 544 g/mol. The average Bonchev–Trinajstić information content (AvgIpc) is 2.95. The van der Waals surface area contributed by atoms with E-state index in [1.807, 2.05) is 71.0 Å². The van der Waals surface area contributed by atoms with Crippen LogP contribution in [0.15, 0.2) is 47.4 Å². The fraction of sp³-hybridized carbons (Fsp3) is 0.424. The van der Waals surface area contributed by atoms with E-state index in [2.05, 4.69) is 23.7 Å². The Morgan fingerprint density at radius 3 is 2.60 bits per heavy atom. The highest BCUT2D eigenvalue weighted by atomic mass is 16.6. The van der Waals surface area contributed by atoms with Crippen molar-refractivity contribution in [2.24, 2.45) is 0 Å². The van der Waals surface area contributed by atoms with Gasteiger partial charge in [-0.25, -0.2) is 19.1 Å². The molecule has 0 N–H and O–H groups in total. The molecule has 1 fully saturated rings. The van der Waals surface area contributed by atoms with Gasteiger partial charge in [0.2, 0.25) is 0 Å². The zero-order valence-corrected chi connectivity index (χ0v) is 25.8. The van der Waals surface area contributed by atoms with Crippen LogP contribution in [0.4, 0.5) is 10.6 Å². The molecule has 6 rings (SSSR count). The molecule has 1 saturated heterocycles. The maximum atomic E-state index is 14.1. The van der Waals surface area contributed by atoms with E-state index < -0.39 is 11.3 Å². The number of piperazine rings is 1. The van der Waals surface area contributed by atoms with Crippen LogP contribution in [0.25, 0.3) is 28.0 Å². The van der Waals surface area contributed by atoms with Gasteiger partial charge < -0.3 is 19.3 Å². The van der Waals surface area contributed by atoms with E-state index in [1.54, 1.807) is 15.7 Å². The van der Waals surface area contributed by atoms with Gasteiger partial charge in [-0.05, 0) is 63.8 Å². The minimum Gasteiger partial charge on any atom is -0.487 e. The zero-order valence-electron chi connectivity index (χ0n) is 25.8. The summed E-state index contributed by atoms with van der Waals surface area (Å²) in [5, 5.41) is 0.702. The van der Waals surface area contributed by atoms with Crippen molar-refractivity contribution in [1.29, 1.82) is 0 Å². The monoisotopic (exact) mass is 582 g/mol. The molecule has 3 aromatic heterocycles. The first-order valence-electron chi connectivity index (χ1n) is 14.8. The Balaban J connectivity index is 1.54. The molecule has 4 aromatic rings. The van der Waals surface area contributed by atoms with Crippen molar-refractivity contribution in [2.75, 3.05) is 24.5 Å². The molecule has 1 amide bonds. The van der Waals surface area contributed by atoms with Gasteiger partial charge in [-0.15, -0.1) is 0 Å². The van der Waals surface area contributed by atoms with Crippen LogP contribution in [-0.2, 0) is 11.3 Å². The molecule has 10 nitrogen and oxygen atoms in total. The summed E-state index contributed by atoms with van der Waals surface area (Å²) in [4.78, 5) is 45.3. The van der Waals surface area contributed by atoms with Crippen LogP contribution in [-0.4, -0.2) is 61.8 Å². The first-order chi connectivity index (χ1) is 20.4. The average molecular weight is 583 g/mol. The number of carbonyl (C=O) groups excluding carboxylic acids is 1. The van der Waals surface area contributed by atoms with Crippen LogP contribution >= 0.6 is 0 Å². The molecule has 43 heavy (non-hydrogen) atoms. The normalized spacial score (nSPS) is 16.6. The van der Waals surface area contributed by atoms with Crippen molar-refractivity contribution in [3.05, 3.63) is 69.9 Å². The van der Waals surface area contributed by atoms with Crippen LogP contribution < -0.4 is 15.3 Å². The highest BCUT2D eigenvalue weighted by Gasteiger charge is 2.33. The highest BCUT2D eigenvalue weighted by Crippen LogP contribution is 2.40. The van der Waals surface area contributed by atoms with Gasteiger partial charge in [-0.2, -0.15) is 4.98 Å². The standard InChI is InChI=1S/C33H38N6O4/c1-19(2)26-28(20(3)12-13-34-26)39-30-24(16-25-27(35-30)23-11-9-8-10-22(23)18-42-25)29(36-31(39)40)38-15-14-37(17-21(38)4)32(41)43-33(5,6)7/h8-13,16,19,21H,14-15,17-18H2,1-7H3/t21-/m0/s1. The van der Waals surface area contributed by atoms with Gasteiger partial charge in [-0.1, -0.05) is 38.1 Å². The Kier molecular flexibility index (Phi) is 7.10. The highest BCUT2D eigenvalue weighted by molar-refractivity contribution is 5.93. The van der Waals surface area contributed by atoms with E-state index in [4.69, 9.17) is 19.4 Å². The van der Waals surface area contributed by atoms with E-state index in [0.29, 0.717) is 60.2 Å². The summed E-state index contributed by atoms with van der Waals surface area (Å²) in [5.74, 6) is 1.24. The maximum absolute atomic E-state index is 14.1. The Morgan fingerprint density at radius 2 is 1.88 bits per heavy atom. The summed E-state index contributed by atoms with van der Waals surface area (Å²) in [7, 11) is 0. The summed E-state index contributed by atoms with van der Waals surface area (Å²) in [6.45, 7) is 15.5. The van der Waals surface area contributed by atoms with Crippen LogP contribution in [0.2, 0.25) is 0 Å². The summed E-state index contributed by atoms with van der Waals surface area (Å²) in [6.07, 6.45) is 1.43. The Bertz CT molecular complexity index is 1790. The number of hydrogen-bond acceptors (Lipinski definition) is 8. The lowest BCUT2D eigenvalue weighted by atomic mass is 10.0. The number of amides is 1. The Labute approximate surface area is 251 Å². The fourth-order valence-corrected chi connectivity index (χ4v) is 5.92. The topological polar surface area (TPSA) is 103 Å². The van der Waals surface area contributed by atoms with Gasteiger partial charge in [0.1, 0.15) is 29.5 Å². The lowest BCUT2D eigenvalue weighted by Gasteiger charge is -2.41. The zero-order chi connectivity index (χ0) is 30.6. The molecule has 0 unspecified atom stereocenters. The largest absolute Gasteiger partial charge is 0.487 e. The third-order valence-electron chi connectivity index (χ3n) is 7.94. The first-order valence-corrected chi connectivity index (χ1v) is 14.8. The molecule has 1 atom stereocenters. The van der Waals surface area contributed by atoms with Crippen molar-refractivity contribution in [3.8, 4) is 22.7 Å². The van der Waals surface area contributed by atoms with E-state index in [-0.39, 0.29) is 18.1 Å². The maximum Gasteiger partial charge on any atom is 0.410 e. The molecule has 10 heteroatoms. The Morgan fingerprint density at radius 1 is 1.12 bits per heavy atom. The number of rotatable bonds is 3. The predicted molar refractivity (Wildman–Crippen MR) is 166 cm³/mol. The van der Waals surface area contributed by atoms with Crippen LogP contribution in [0, 0.1) is 6.92 Å². The van der Waals surface area contributed by atoms with Crippen molar-refractivity contribution >= 4 is 22.9 Å². The van der Waals surface area contributed by atoms with Crippen LogP contribution in [0.1, 0.15) is 64.3 Å². The third kappa shape index (κ3) is 5.19. The number of aryl methyl sites for hydroxylation is 1. The van der Waals surface area contributed by atoms with E-state index in [1.165, 1.54) is 0 Å². The number of anilines is 1. The number of carbonyl (C=O) groups is 1. The lowest BCUT2D eigenvalue weighted by Crippen LogP contribution is -2.55. The number of aromatic nitrogens is 4. The number of nitrogens with zero attached hydrogens (tertiary/aromatic N) is 6. The molecule has 0 spiro atoms. The molecule has 0 bridgehead atoms. The number of hydrogen-bond donors (Lipinski definition) is 0. The van der Waals surface area contributed by atoms with E-state index in [0.717, 1.165) is 22.4 Å². The molecule has 5 heterocycles. The number of fused-ring (bicyclic) bond motifs is 4. The van der Waals surface area contributed by atoms with Crippen molar-refractivity contribution < 1.29 is 14.3 Å². The van der Waals surface area contributed by atoms with Crippen molar-refractivity contribution in [1.82, 2.24) is 24.4 Å². The van der Waals surface area contributed by atoms with Crippen LogP contribution in [0.5, 0.6) is 5.75 Å². The third-order valence-corrected chi connectivity index (χ3v) is 7.94. The second-order valence-corrected chi connectivity index (χ2v) is 12.7. The van der Waals surface area contributed by atoms with Crippen LogP contribution in [0.3, 0.4) is 0 Å². The lowest BCUT2D eigenvalue weighted by molar-refractivity contribution is 0.0218. The second kappa shape index (κ2) is 10.7. The first kappa shape index (κ1) is 28.6. The van der Waals surface area contributed by atoms with Gasteiger partial charge in [0, 0.05) is 37.4 Å². The van der Waals surface area contributed by atoms with Crippen molar-refractivity contribution in [2.45, 2.75) is 72.6 Å². The Hall–Kier alpha value is -4.47. The second-order valence-electron chi connectivity index (χ2n) is 12.7. The molecular formula is C33H38N6O4. The van der Waals surface area contributed by atoms with Crippen molar-refractivity contribution in [3.63, 3.8) is 0 Å². The summed E-state index contributed by atoms with van der Waals surface area (Å²) in [6, 6.07) is 11.8. The van der Waals surface area contributed by atoms with Gasteiger partial charge in [0.25, 0.3) is 0 Å². The van der Waals surface area contributed by atoms with Gasteiger partial charge in [0.15, 0.2) is 5.65 Å². The number of benzene rings is 1. The molecule has 0 radical (unpaired) electrons. The molecule has 2 aliphatic heterocycles. The quantitative estimate of drug-likeness (QED) is 0.307. The fourth-order valence-electron chi connectivity index (χ4n) is 5.92. The molecule has 0 aliphatic carbocycles. The minimum atomic E-state index is -0.581. The predicted octanol–water partition coefficient (Wildman–Crippen LogP) is 5.61. The molecule has 224 valence electrons.